The summed E-state index contributed by atoms with van der Waals surface area (Å²) >= 11 is 0. The highest BCUT2D eigenvalue weighted by Gasteiger charge is 2.42. The van der Waals surface area contributed by atoms with E-state index in [4.69, 9.17) is 0 Å². The fourth-order valence-corrected chi connectivity index (χ4v) is 3.15. The molecule has 1 aliphatic heterocycles. The molecule has 3 rings (SSSR count). The predicted molar refractivity (Wildman–Crippen MR) is 65.1 cm³/mol. The van der Waals surface area contributed by atoms with E-state index < -0.39 is 4.92 Å². The Balaban J connectivity index is 2.11. The number of rotatable bonds is 1. The van der Waals surface area contributed by atoms with Gasteiger partial charge in [-0.15, -0.1) is 0 Å². The van der Waals surface area contributed by atoms with Gasteiger partial charge in [0.2, 0.25) is 0 Å². The number of nitrogens with zero attached hydrogens (tertiary/aromatic N) is 1. The molecule has 0 amide bonds. The number of hydrogen-bond donors (Lipinski definition) is 1. The fraction of sp³-hybridized carbons (Fsp3) is 0.462. The van der Waals surface area contributed by atoms with Crippen LogP contribution in [-0.4, -0.2) is 17.3 Å². The minimum absolute atomic E-state index is 0.0240. The van der Waals surface area contributed by atoms with Crippen molar-refractivity contribution >= 4 is 5.78 Å². The maximum absolute atomic E-state index is 12.2. The van der Waals surface area contributed by atoms with Crippen molar-refractivity contribution in [2.24, 2.45) is 11.8 Å². The first-order chi connectivity index (χ1) is 8.59. The highest BCUT2D eigenvalue weighted by molar-refractivity contribution is 5.94. The van der Waals surface area contributed by atoms with Crippen molar-refractivity contribution in [3.05, 3.63) is 44.8 Å². The van der Waals surface area contributed by atoms with Gasteiger partial charge in [0.1, 0.15) is 12.3 Å². The maximum Gasteiger partial charge on any atom is 0.317 e. The van der Waals surface area contributed by atoms with Crippen LogP contribution in [0.15, 0.2) is 34.7 Å². The molecular weight excluding hydrogens is 232 g/mol. The molecule has 1 N–H and O–H groups in total. The van der Waals surface area contributed by atoms with Crippen molar-refractivity contribution < 1.29 is 9.72 Å². The summed E-state index contributed by atoms with van der Waals surface area (Å²) < 4.78 is 0. The number of carbonyl (C=O) groups is 1. The molecule has 3 aliphatic rings. The van der Waals surface area contributed by atoms with E-state index in [0.717, 1.165) is 29.6 Å². The van der Waals surface area contributed by atoms with Crippen LogP contribution in [0.4, 0.5) is 0 Å². The number of Topliss-reactive ketones (excluding diaryl/α,β-unsaturated/α-hetero) is 1. The number of allylic oxidation sites excluding steroid dienone is 4. The van der Waals surface area contributed by atoms with Crippen molar-refractivity contribution in [2.45, 2.75) is 19.8 Å². The SMILES string of the molecule is CC1C(=O)C2CCC=C3C=C([N+](=O)[O-])NCC1=C32. The molecule has 0 aromatic rings. The Bertz CT molecular complexity index is 542. The maximum atomic E-state index is 12.2. The molecule has 5 nitrogen and oxygen atoms in total. The van der Waals surface area contributed by atoms with Crippen LogP contribution in [0.5, 0.6) is 0 Å². The first kappa shape index (κ1) is 11.2. The second kappa shape index (κ2) is 3.80. The third-order valence-electron chi connectivity index (χ3n) is 4.07. The van der Waals surface area contributed by atoms with Crippen LogP contribution in [0, 0.1) is 22.0 Å². The van der Waals surface area contributed by atoms with E-state index in [2.05, 4.69) is 5.32 Å². The number of hydrogen-bond acceptors (Lipinski definition) is 4. The van der Waals surface area contributed by atoms with Gasteiger partial charge in [0.15, 0.2) is 0 Å². The average Bonchev–Trinajstić information content (AvgIpc) is 2.54. The smallest absolute Gasteiger partial charge is 0.317 e. The summed E-state index contributed by atoms with van der Waals surface area (Å²) in [5, 5.41) is 13.7. The molecule has 0 aromatic heterocycles. The standard InChI is InChI=1S/C13H14N2O3/c1-7-10-6-14-11(15(17)18)5-8-3-2-4-9(12(8)10)13(7)16/h3,5,7,9,14H,2,4,6H2,1H3. The molecule has 0 fully saturated rings. The van der Waals surface area contributed by atoms with Gasteiger partial charge in [0.05, 0.1) is 0 Å². The zero-order valence-electron chi connectivity index (χ0n) is 10.1. The molecule has 2 aliphatic carbocycles. The molecule has 1 heterocycles. The zero-order chi connectivity index (χ0) is 12.9. The van der Waals surface area contributed by atoms with E-state index in [-0.39, 0.29) is 23.4 Å². The largest absolute Gasteiger partial charge is 0.358 e. The Morgan fingerprint density at radius 2 is 2.28 bits per heavy atom. The molecule has 2 atom stereocenters. The molecule has 2 unspecified atom stereocenters. The van der Waals surface area contributed by atoms with Crippen LogP contribution in [-0.2, 0) is 4.79 Å². The normalized spacial score (nSPS) is 30.2. The van der Waals surface area contributed by atoms with Crippen molar-refractivity contribution in [3.8, 4) is 0 Å². The summed E-state index contributed by atoms with van der Waals surface area (Å²) in [5.74, 6) is 0.138. The second-order valence-corrected chi connectivity index (χ2v) is 4.99. The monoisotopic (exact) mass is 246 g/mol. The lowest BCUT2D eigenvalue weighted by molar-refractivity contribution is -0.431. The molecular formula is C13H14N2O3. The van der Waals surface area contributed by atoms with E-state index in [9.17, 15) is 14.9 Å². The first-order valence-electron chi connectivity index (χ1n) is 6.16. The Kier molecular flexibility index (Phi) is 2.36. The number of nitrogens with one attached hydrogen (secondary N) is 1. The molecule has 94 valence electrons. The number of ketones is 1. The summed E-state index contributed by atoms with van der Waals surface area (Å²) in [6, 6.07) is 0. The lowest BCUT2D eigenvalue weighted by Crippen LogP contribution is -2.24. The van der Waals surface area contributed by atoms with Crippen molar-refractivity contribution in [1.29, 1.82) is 0 Å². The van der Waals surface area contributed by atoms with E-state index in [0.29, 0.717) is 6.54 Å². The summed E-state index contributed by atoms with van der Waals surface area (Å²) in [4.78, 5) is 22.7. The fourth-order valence-electron chi connectivity index (χ4n) is 3.15. The topological polar surface area (TPSA) is 72.2 Å². The minimum atomic E-state index is -0.404. The van der Waals surface area contributed by atoms with Gasteiger partial charge < -0.3 is 10.1 Å². The van der Waals surface area contributed by atoms with E-state index >= 15 is 0 Å². The van der Waals surface area contributed by atoms with Crippen LogP contribution < -0.4 is 5.32 Å². The van der Waals surface area contributed by atoms with Gasteiger partial charge in [0, 0.05) is 17.9 Å². The highest BCUT2D eigenvalue weighted by atomic mass is 16.6. The zero-order valence-corrected chi connectivity index (χ0v) is 10.1. The van der Waals surface area contributed by atoms with Crippen molar-refractivity contribution in [2.75, 3.05) is 6.54 Å². The lowest BCUT2D eigenvalue weighted by Gasteiger charge is -2.19. The summed E-state index contributed by atoms with van der Waals surface area (Å²) in [6.07, 6.45) is 5.23. The molecule has 0 aromatic carbocycles. The summed E-state index contributed by atoms with van der Waals surface area (Å²) in [5.41, 5.74) is 2.95. The van der Waals surface area contributed by atoms with Crippen LogP contribution in [0.2, 0.25) is 0 Å². The molecule has 18 heavy (non-hydrogen) atoms. The van der Waals surface area contributed by atoms with Gasteiger partial charge in [-0.1, -0.05) is 13.0 Å². The first-order valence-corrected chi connectivity index (χ1v) is 6.16. The van der Waals surface area contributed by atoms with E-state index in [1.54, 1.807) is 6.08 Å². The van der Waals surface area contributed by atoms with Crippen LogP contribution in [0.1, 0.15) is 19.8 Å². The Morgan fingerprint density at radius 1 is 1.50 bits per heavy atom. The van der Waals surface area contributed by atoms with Crippen molar-refractivity contribution in [1.82, 2.24) is 5.32 Å². The second-order valence-electron chi connectivity index (χ2n) is 4.99. The molecule has 0 spiro atoms. The van der Waals surface area contributed by atoms with Crippen LogP contribution >= 0.6 is 0 Å². The predicted octanol–water partition coefficient (Wildman–Crippen LogP) is 1.56. The van der Waals surface area contributed by atoms with E-state index in [1.807, 2.05) is 13.0 Å². The third-order valence-corrected chi connectivity index (χ3v) is 4.07. The van der Waals surface area contributed by atoms with Crippen LogP contribution in [0.25, 0.3) is 0 Å². The number of nitro groups is 1. The molecule has 0 saturated carbocycles. The van der Waals surface area contributed by atoms with Crippen molar-refractivity contribution in [3.63, 3.8) is 0 Å². The Hall–Kier alpha value is -1.91. The molecule has 0 radical (unpaired) electrons. The molecule has 5 heteroatoms. The van der Waals surface area contributed by atoms with Gasteiger partial charge >= 0.3 is 5.82 Å². The van der Waals surface area contributed by atoms with Gasteiger partial charge in [-0.25, -0.2) is 0 Å². The average molecular weight is 246 g/mol. The highest BCUT2D eigenvalue weighted by Crippen LogP contribution is 2.44. The Morgan fingerprint density at radius 3 is 3.00 bits per heavy atom. The Labute approximate surface area is 104 Å². The van der Waals surface area contributed by atoms with Gasteiger partial charge in [-0.3, -0.25) is 10.1 Å². The molecule has 0 saturated heterocycles. The molecule has 0 bridgehead atoms. The van der Waals surface area contributed by atoms with E-state index in [1.165, 1.54) is 0 Å². The third kappa shape index (κ3) is 1.43. The van der Waals surface area contributed by atoms with Gasteiger partial charge in [-0.2, -0.15) is 0 Å². The minimum Gasteiger partial charge on any atom is -0.358 e. The van der Waals surface area contributed by atoms with Gasteiger partial charge in [0.25, 0.3) is 0 Å². The van der Waals surface area contributed by atoms with Crippen LogP contribution in [0.3, 0.4) is 0 Å². The quantitative estimate of drug-likeness (QED) is 0.563. The summed E-state index contributed by atoms with van der Waals surface area (Å²) in [6.45, 7) is 2.31. The lowest BCUT2D eigenvalue weighted by atomic mass is 9.84. The van der Waals surface area contributed by atoms with Gasteiger partial charge in [-0.05, 0) is 34.5 Å². The number of carbonyl (C=O) groups excluding carboxylic acids is 1. The summed E-state index contributed by atoms with van der Waals surface area (Å²) in [7, 11) is 0.